The van der Waals surface area contributed by atoms with Crippen molar-refractivity contribution < 1.29 is 48.9 Å². The summed E-state index contributed by atoms with van der Waals surface area (Å²) in [5.74, 6) is -1.68. The number of hydrazine groups is 1. The summed E-state index contributed by atoms with van der Waals surface area (Å²) in [7, 11) is 0. The van der Waals surface area contributed by atoms with E-state index < -0.39 is 29.8 Å². The van der Waals surface area contributed by atoms with E-state index in [0.29, 0.717) is 19.3 Å². The van der Waals surface area contributed by atoms with Gasteiger partial charge in [0.2, 0.25) is 17.7 Å². The third kappa shape index (κ3) is 7.45. The van der Waals surface area contributed by atoms with E-state index in [0.717, 1.165) is 5.01 Å². The van der Waals surface area contributed by atoms with Gasteiger partial charge in [-0.1, -0.05) is 13.8 Å². The quantitative estimate of drug-likeness (QED) is 0.171. The molecule has 2 atom stereocenters. The fourth-order valence-corrected chi connectivity index (χ4v) is 2.54. The number of nitrogens with zero attached hydrogens (tertiary/aromatic N) is 3. The van der Waals surface area contributed by atoms with E-state index in [-0.39, 0.29) is 53.5 Å². The zero-order chi connectivity index (χ0) is 18.3. The Kier molecular flexibility index (Phi) is 10.4. The van der Waals surface area contributed by atoms with Gasteiger partial charge in [-0.3, -0.25) is 14.4 Å². The molecule has 1 aliphatic heterocycles. The van der Waals surface area contributed by atoms with Gasteiger partial charge in [-0.05, 0) is 30.5 Å². The minimum Gasteiger partial charge on any atom is -0.737 e. The van der Waals surface area contributed by atoms with E-state index in [9.17, 15) is 24.8 Å². The van der Waals surface area contributed by atoms with Gasteiger partial charge in [-0.2, -0.15) is 0 Å². The van der Waals surface area contributed by atoms with Crippen molar-refractivity contribution in [2.45, 2.75) is 45.2 Å². The average molecular weight is 366 g/mol. The first kappa shape index (κ1) is 23.4. The predicted molar refractivity (Wildman–Crippen MR) is 82.7 cm³/mol. The minimum absolute atomic E-state index is 0. The second-order valence-corrected chi connectivity index (χ2v) is 6.03. The van der Waals surface area contributed by atoms with Crippen molar-refractivity contribution in [1.82, 2.24) is 15.6 Å². The molecule has 0 aromatic heterocycles. The molecule has 0 aromatic rings. The molecule has 4 N–H and O–H groups in total. The van der Waals surface area contributed by atoms with Crippen LogP contribution in [0.2, 0.25) is 0 Å². The van der Waals surface area contributed by atoms with Crippen LogP contribution in [0.4, 0.5) is 0 Å². The number of nitrogens with two attached hydrogens (primary N) is 1. The minimum atomic E-state index is -0.872. The molecule has 1 fully saturated rings. The maximum absolute atomic E-state index is 12.4. The van der Waals surface area contributed by atoms with Crippen molar-refractivity contribution >= 4 is 17.7 Å². The van der Waals surface area contributed by atoms with Gasteiger partial charge >= 0.3 is 29.6 Å². The van der Waals surface area contributed by atoms with Gasteiger partial charge in [0.05, 0.1) is 13.1 Å². The summed E-state index contributed by atoms with van der Waals surface area (Å²) in [5.41, 5.74) is 4.98. The van der Waals surface area contributed by atoms with Gasteiger partial charge in [0, 0.05) is 4.97 Å². The number of hydrogen-bond donors (Lipinski definition) is 3. The van der Waals surface area contributed by atoms with Crippen LogP contribution in [-0.2, 0) is 14.4 Å². The Morgan fingerprint density at radius 1 is 1.40 bits per heavy atom. The number of carbonyl (C=O) groups excluding carboxylic acids is 3. The molecule has 0 spiro atoms. The molecule has 11 nitrogen and oxygen atoms in total. The van der Waals surface area contributed by atoms with Crippen molar-refractivity contribution in [3.05, 3.63) is 10.4 Å². The van der Waals surface area contributed by atoms with Crippen molar-refractivity contribution in [3.8, 4) is 0 Å². The zero-order valence-electron chi connectivity index (χ0n) is 14.7. The van der Waals surface area contributed by atoms with E-state index in [4.69, 9.17) is 5.73 Å². The van der Waals surface area contributed by atoms with Crippen molar-refractivity contribution in [2.75, 3.05) is 13.1 Å². The third-order valence-corrected chi connectivity index (χ3v) is 3.59. The molecule has 1 unspecified atom stereocenters. The van der Waals surface area contributed by atoms with Gasteiger partial charge < -0.3 is 26.8 Å². The summed E-state index contributed by atoms with van der Waals surface area (Å²) < 4.78 is 0. The van der Waals surface area contributed by atoms with Crippen LogP contribution in [0.15, 0.2) is 5.28 Å². The maximum atomic E-state index is 12.4. The van der Waals surface area contributed by atoms with E-state index in [2.05, 4.69) is 15.9 Å². The zero-order valence-corrected chi connectivity index (χ0v) is 16.7. The van der Waals surface area contributed by atoms with E-state index >= 15 is 0 Å². The summed E-state index contributed by atoms with van der Waals surface area (Å²) >= 11 is 0. The first-order chi connectivity index (χ1) is 11.3. The molecule has 136 valence electrons. The number of rotatable bonds is 8. The second kappa shape index (κ2) is 11.1. The topological polar surface area (TPSA) is 166 Å². The number of nitrogens with one attached hydrogen (secondary N) is 2. The molecule has 1 aliphatic rings. The predicted octanol–water partition coefficient (Wildman–Crippen LogP) is -4.04. The molecule has 1 heterocycles. The van der Waals surface area contributed by atoms with Crippen LogP contribution in [0, 0.1) is 16.3 Å². The molecule has 1 rings (SSSR count). The van der Waals surface area contributed by atoms with E-state index in [1.165, 1.54) is 0 Å². The summed E-state index contributed by atoms with van der Waals surface area (Å²) in [6, 6.07) is -1.73. The van der Waals surface area contributed by atoms with Crippen LogP contribution in [0.1, 0.15) is 33.1 Å². The second-order valence-electron chi connectivity index (χ2n) is 6.03. The summed E-state index contributed by atoms with van der Waals surface area (Å²) in [6.45, 7) is 3.65. The normalized spacial score (nSPS) is 18.4. The fraction of sp³-hybridized carbons (Fsp3) is 0.769. The molecule has 0 aliphatic carbocycles. The van der Waals surface area contributed by atoms with Crippen LogP contribution < -0.4 is 45.9 Å². The Bertz CT molecular complexity index is 515. The molecule has 0 radical (unpaired) electrons. The smallest absolute Gasteiger partial charge is 0.737 e. The number of hydrogen-bond acceptors (Lipinski definition) is 6. The largest absolute Gasteiger partial charge is 1.00 e. The Morgan fingerprint density at radius 2 is 2.04 bits per heavy atom. The number of carbonyl (C=O) groups is 3. The monoisotopic (exact) mass is 366 g/mol. The van der Waals surface area contributed by atoms with Gasteiger partial charge in [0.25, 0.3) is 0 Å². The van der Waals surface area contributed by atoms with Crippen LogP contribution in [-0.4, -0.2) is 52.9 Å². The molecule has 0 aromatic carbocycles. The molecule has 1 saturated heterocycles. The van der Waals surface area contributed by atoms with Crippen molar-refractivity contribution in [2.24, 2.45) is 16.9 Å². The first-order valence-electron chi connectivity index (χ1n) is 7.69. The van der Waals surface area contributed by atoms with E-state index in [1.54, 1.807) is 0 Å². The summed E-state index contributed by atoms with van der Waals surface area (Å²) in [5, 5.41) is 29.9. The fourth-order valence-electron chi connectivity index (χ4n) is 2.54. The Balaban J connectivity index is 0.00000576. The Labute approximate surface area is 167 Å². The van der Waals surface area contributed by atoms with Crippen molar-refractivity contribution in [3.63, 3.8) is 0 Å². The molecular weight excluding hydrogens is 343 g/mol. The number of primary amides is 1. The van der Waals surface area contributed by atoms with Gasteiger partial charge in [-0.25, -0.2) is 0 Å². The van der Waals surface area contributed by atoms with Crippen molar-refractivity contribution in [1.29, 1.82) is 0 Å². The third-order valence-electron chi connectivity index (χ3n) is 3.59. The van der Waals surface area contributed by atoms with Crippen LogP contribution in [0.5, 0.6) is 0 Å². The molecule has 3 amide bonds. The molecule has 0 bridgehead atoms. The standard InChI is InChI=1S/C13H24N6O5.Na/c1-8(2)6-9(12(21)15-7-11(14)20)16-13(22)10-4-3-5-18(10)19(24)17-23;/h8-10,23H,3-7H2,1-2H3,(H2,14,20)(H,15,21)(H,16,22);/q;+1/p-1/b19-17-;/t9?,10-;/m0./s1. The average Bonchev–Trinajstić information content (AvgIpc) is 3.00. The maximum Gasteiger partial charge on any atom is 1.00 e. The van der Waals surface area contributed by atoms with Crippen LogP contribution >= 0.6 is 0 Å². The first-order valence-corrected chi connectivity index (χ1v) is 7.69. The van der Waals surface area contributed by atoms with Crippen LogP contribution in [0.3, 0.4) is 0 Å². The number of amides is 3. The Morgan fingerprint density at radius 3 is 2.56 bits per heavy atom. The SMILES string of the molecule is CC(C)CC(NC(=O)[C@@H]1CCCN1/[N+]([O-])=N/[O-])C(=O)NCC(N)=O.[Na+]. The molecule has 25 heavy (non-hydrogen) atoms. The summed E-state index contributed by atoms with van der Waals surface area (Å²) in [4.78, 5) is 35.1. The van der Waals surface area contributed by atoms with Gasteiger partial charge in [0.15, 0.2) is 6.04 Å². The Hall–Kier alpha value is -1.59. The summed E-state index contributed by atoms with van der Waals surface area (Å²) in [6.07, 6.45) is 1.27. The molecule has 0 saturated carbocycles. The van der Waals surface area contributed by atoms with E-state index in [1.807, 2.05) is 13.8 Å². The van der Waals surface area contributed by atoms with Crippen LogP contribution in [0.25, 0.3) is 0 Å². The van der Waals surface area contributed by atoms with Gasteiger partial charge in [-0.15, -0.1) is 5.01 Å². The van der Waals surface area contributed by atoms with Gasteiger partial charge in [0.1, 0.15) is 6.04 Å². The molecular formula is C13H23N6NaO5. The molecule has 12 heteroatoms.